The van der Waals surface area contributed by atoms with Crippen LogP contribution in [0.15, 0.2) is 36.5 Å². The first-order valence-corrected chi connectivity index (χ1v) is 12.3. The number of pyridine rings is 1. The van der Waals surface area contributed by atoms with Crippen molar-refractivity contribution in [1.29, 1.82) is 0 Å². The lowest BCUT2D eigenvalue weighted by Crippen LogP contribution is -2.37. The molecule has 2 aromatic carbocycles. The maximum absolute atomic E-state index is 15.1. The Hall–Kier alpha value is -2.00. The molecular weight excluding hydrogens is 325 g/mol. The lowest BCUT2D eigenvalue weighted by atomic mass is 9.94. The monoisotopic (exact) mass is 352 g/mol. The predicted molar refractivity (Wildman–Crippen MR) is 108 cm³/mol. The number of fused-ring (bicyclic) bond motifs is 1. The second kappa shape index (κ2) is 6.06. The molecule has 130 valence electrons. The number of halogens is 1. The molecule has 0 saturated heterocycles. The van der Waals surface area contributed by atoms with Gasteiger partial charge in [-0.2, -0.15) is 0 Å². The van der Waals surface area contributed by atoms with E-state index in [-0.39, 0.29) is 5.82 Å². The van der Waals surface area contributed by atoms with Crippen LogP contribution < -0.4 is 9.75 Å². The third-order valence-electron chi connectivity index (χ3n) is 5.21. The number of rotatable bonds is 2. The zero-order valence-corrected chi connectivity index (χ0v) is 17.3. The van der Waals surface area contributed by atoms with Gasteiger partial charge in [0.1, 0.15) is 12.9 Å². The van der Waals surface area contributed by atoms with Crippen LogP contribution in [0.5, 0.6) is 0 Å². The van der Waals surface area contributed by atoms with Crippen molar-refractivity contribution >= 4 is 24.0 Å². The van der Waals surface area contributed by atoms with E-state index in [2.05, 4.69) is 50.8 Å². The highest BCUT2D eigenvalue weighted by molar-refractivity contribution is 6.88. The van der Waals surface area contributed by atoms with Crippen LogP contribution in [-0.2, 0) is 7.05 Å². The van der Waals surface area contributed by atoms with Crippen molar-refractivity contribution in [3.8, 4) is 11.3 Å². The van der Waals surface area contributed by atoms with Crippen molar-refractivity contribution in [3.05, 3.63) is 59.0 Å². The van der Waals surface area contributed by atoms with E-state index in [1.165, 1.54) is 10.6 Å². The van der Waals surface area contributed by atoms with E-state index in [0.29, 0.717) is 5.56 Å². The van der Waals surface area contributed by atoms with E-state index in [9.17, 15) is 0 Å². The van der Waals surface area contributed by atoms with Crippen molar-refractivity contribution in [2.75, 3.05) is 0 Å². The molecule has 0 N–H and O–H groups in total. The zero-order chi connectivity index (χ0) is 18.5. The first kappa shape index (κ1) is 17.8. The Balaban J connectivity index is 2.40. The molecule has 0 atom stereocenters. The number of benzene rings is 2. The van der Waals surface area contributed by atoms with E-state index >= 15 is 4.39 Å². The molecule has 0 fully saturated rings. The molecule has 0 amide bonds. The standard InChI is InChI=1S/C22H27FNSi/c1-14-12-15(2)21(23)20(16(14)3)22-19-9-8-18(25(5,6)7)13-17(19)10-11-24(22)4/h8-13H,1-7H3/q+1. The van der Waals surface area contributed by atoms with Crippen molar-refractivity contribution in [2.24, 2.45) is 7.05 Å². The molecule has 1 heterocycles. The van der Waals surface area contributed by atoms with Crippen LogP contribution in [-0.4, -0.2) is 8.07 Å². The number of hydrogen-bond donors (Lipinski definition) is 0. The SMILES string of the molecule is Cc1cc(C)c(F)c(-c2c3ccc([Si](C)(C)C)cc3cc[n+]2C)c1C. The summed E-state index contributed by atoms with van der Waals surface area (Å²) in [6.45, 7) is 13.0. The van der Waals surface area contributed by atoms with Crippen LogP contribution in [0.2, 0.25) is 19.6 Å². The van der Waals surface area contributed by atoms with Crippen LogP contribution in [0.4, 0.5) is 4.39 Å². The van der Waals surface area contributed by atoms with Gasteiger partial charge in [0.25, 0.3) is 0 Å². The summed E-state index contributed by atoms with van der Waals surface area (Å²) >= 11 is 0. The maximum Gasteiger partial charge on any atom is 0.223 e. The van der Waals surface area contributed by atoms with E-state index in [1.807, 2.05) is 37.7 Å². The van der Waals surface area contributed by atoms with Gasteiger partial charge >= 0.3 is 0 Å². The molecule has 0 bridgehead atoms. The van der Waals surface area contributed by atoms with Crippen LogP contribution >= 0.6 is 0 Å². The molecule has 0 aliphatic heterocycles. The summed E-state index contributed by atoms with van der Waals surface area (Å²) in [5.41, 5.74) is 4.53. The van der Waals surface area contributed by atoms with Gasteiger partial charge in [-0.05, 0) is 48.9 Å². The molecule has 1 aromatic heterocycles. The summed E-state index contributed by atoms with van der Waals surface area (Å²) in [7, 11) is 0.616. The number of aryl methyl sites for hydroxylation is 3. The Bertz CT molecular complexity index is 957. The van der Waals surface area contributed by atoms with Crippen LogP contribution in [0.1, 0.15) is 16.7 Å². The molecule has 3 rings (SSSR count). The Labute approximate surface area is 151 Å². The third-order valence-corrected chi connectivity index (χ3v) is 7.25. The van der Waals surface area contributed by atoms with Crippen molar-refractivity contribution < 1.29 is 8.96 Å². The average Bonchev–Trinajstić information content (AvgIpc) is 2.53. The van der Waals surface area contributed by atoms with Gasteiger partial charge in [-0.25, -0.2) is 8.96 Å². The molecule has 3 heteroatoms. The van der Waals surface area contributed by atoms with Crippen LogP contribution in [0.3, 0.4) is 0 Å². The molecule has 0 spiro atoms. The van der Waals surface area contributed by atoms with Gasteiger partial charge in [-0.3, -0.25) is 0 Å². The first-order valence-electron chi connectivity index (χ1n) is 8.81. The van der Waals surface area contributed by atoms with E-state index in [0.717, 1.165) is 27.8 Å². The number of nitrogens with zero attached hydrogens (tertiary/aromatic N) is 1. The lowest BCUT2D eigenvalue weighted by Gasteiger charge is -2.18. The summed E-state index contributed by atoms with van der Waals surface area (Å²) in [5, 5.41) is 3.72. The highest BCUT2D eigenvalue weighted by Gasteiger charge is 2.24. The van der Waals surface area contributed by atoms with Gasteiger partial charge in [-0.1, -0.05) is 43.0 Å². The molecule has 0 unspecified atom stereocenters. The summed E-state index contributed by atoms with van der Waals surface area (Å²) in [6, 6.07) is 10.8. The van der Waals surface area contributed by atoms with Gasteiger partial charge in [0.2, 0.25) is 5.69 Å². The fraction of sp³-hybridized carbons (Fsp3) is 0.318. The smallest absolute Gasteiger partial charge is 0.206 e. The molecule has 3 aromatic rings. The summed E-state index contributed by atoms with van der Waals surface area (Å²) in [5.74, 6) is -0.111. The number of aromatic nitrogens is 1. The van der Waals surface area contributed by atoms with Gasteiger partial charge in [0.05, 0.1) is 19.0 Å². The van der Waals surface area contributed by atoms with E-state index in [4.69, 9.17) is 0 Å². The lowest BCUT2D eigenvalue weighted by molar-refractivity contribution is -0.659. The normalized spacial score (nSPS) is 12.0. The predicted octanol–water partition coefficient (Wildman–Crippen LogP) is 4.94. The second-order valence-electron chi connectivity index (χ2n) is 8.15. The molecular formula is C22H27FNSi+. The fourth-order valence-electron chi connectivity index (χ4n) is 3.49. The average molecular weight is 353 g/mol. The molecule has 0 aliphatic rings. The van der Waals surface area contributed by atoms with Crippen LogP contribution in [0, 0.1) is 26.6 Å². The summed E-state index contributed by atoms with van der Waals surface area (Å²) in [4.78, 5) is 0. The van der Waals surface area contributed by atoms with Crippen LogP contribution in [0.25, 0.3) is 22.0 Å². The summed E-state index contributed by atoms with van der Waals surface area (Å²) in [6.07, 6.45) is 2.04. The summed E-state index contributed by atoms with van der Waals surface area (Å²) < 4.78 is 17.1. The van der Waals surface area contributed by atoms with Gasteiger partial charge in [0.15, 0.2) is 6.20 Å². The minimum Gasteiger partial charge on any atom is -0.206 e. The number of hydrogen-bond acceptors (Lipinski definition) is 0. The van der Waals surface area contributed by atoms with Crippen molar-refractivity contribution in [3.63, 3.8) is 0 Å². The van der Waals surface area contributed by atoms with E-state index in [1.54, 1.807) is 0 Å². The highest BCUT2D eigenvalue weighted by Crippen LogP contribution is 2.33. The van der Waals surface area contributed by atoms with Gasteiger partial charge in [-0.15, -0.1) is 0 Å². The largest absolute Gasteiger partial charge is 0.223 e. The highest BCUT2D eigenvalue weighted by atomic mass is 28.3. The first-order chi connectivity index (χ1) is 11.6. The topological polar surface area (TPSA) is 3.88 Å². The molecule has 0 radical (unpaired) electrons. The second-order valence-corrected chi connectivity index (χ2v) is 13.2. The van der Waals surface area contributed by atoms with Gasteiger partial charge in [0, 0.05) is 6.07 Å². The fourth-order valence-corrected chi connectivity index (χ4v) is 4.66. The Morgan fingerprint density at radius 2 is 1.60 bits per heavy atom. The maximum atomic E-state index is 15.1. The van der Waals surface area contributed by atoms with Crippen molar-refractivity contribution in [2.45, 2.75) is 40.4 Å². The Morgan fingerprint density at radius 3 is 2.24 bits per heavy atom. The Morgan fingerprint density at radius 1 is 0.920 bits per heavy atom. The quantitative estimate of drug-likeness (QED) is 0.454. The third kappa shape index (κ3) is 3.02. The minimum atomic E-state index is -1.38. The molecule has 1 nitrogen and oxygen atoms in total. The van der Waals surface area contributed by atoms with E-state index < -0.39 is 8.07 Å². The zero-order valence-electron chi connectivity index (χ0n) is 16.3. The molecule has 0 aliphatic carbocycles. The van der Waals surface area contributed by atoms with Gasteiger partial charge < -0.3 is 0 Å². The molecule has 0 saturated carbocycles. The van der Waals surface area contributed by atoms with Crippen molar-refractivity contribution in [1.82, 2.24) is 0 Å². The Kier molecular flexibility index (Phi) is 4.32. The molecule has 25 heavy (non-hydrogen) atoms. The minimum absolute atomic E-state index is 0.111.